The molecule has 2 aromatic rings. The number of amides is 1. The van der Waals surface area contributed by atoms with Gasteiger partial charge in [0.25, 0.3) is 5.91 Å². The van der Waals surface area contributed by atoms with E-state index < -0.39 is 11.7 Å². The summed E-state index contributed by atoms with van der Waals surface area (Å²) < 4.78 is 43.6. The van der Waals surface area contributed by atoms with Gasteiger partial charge in [-0.2, -0.15) is 13.2 Å². The first kappa shape index (κ1) is 22.9. The van der Waals surface area contributed by atoms with Crippen molar-refractivity contribution in [3.05, 3.63) is 53.2 Å². The van der Waals surface area contributed by atoms with Gasteiger partial charge in [0.15, 0.2) is 6.61 Å². The number of anilines is 1. The number of ether oxygens (including phenoxy) is 1. The molecule has 3 rings (SSSR count). The molecule has 2 heterocycles. The Hall–Kier alpha value is -2.81. The average molecular weight is 436 g/mol. The number of rotatable bonds is 7. The zero-order valence-electron chi connectivity index (χ0n) is 17.7. The Kier molecular flexibility index (Phi) is 7.37. The normalized spacial score (nSPS) is 15.1. The number of carbonyl (C=O) groups is 1. The smallest absolute Gasteiger partial charge is 0.417 e. The number of alkyl halides is 3. The van der Waals surface area contributed by atoms with Crippen LogP contribution in [-0.4, -0.2) is 61.7 Å². The number of piperazine rings is 1. The van der Waals surface area contributed by atoms with E-state index in [2.05, 4.69) is 15.2 Å². The predicted molar refractivity (Wildman–Crippen MR) is 112 cm³/mol. The number of halogens is 3. The number of nitrogens with zero attached hydrogens (tertiary/aromatic N) is 3. The third-order valence-electron chi connectivity index (χ3n) is 5.21. The second kappa shape index (κ2) is 10.00. The first-order valence-corrected chi connectivity index (χ1v) is 10.2. The molecule has 1 aromatic carbocycles. The van der Waals surface area contributed by atoms with Gasteiger partial charge < -0.3 is 15.0 Å². The number of hydrogen-bond donors (Lipinski definition) is 1. The van der Waals surface area contributed by atoms with Crippen molar-refractivity contribution >= 4 is 11.7 Å². The molecule has 0 radical (unpaired) electrons. The zero-order chi connectivity index (χ0) is 22.4. The highest BCUT2D eigenvalue weighted by molar-refractivity contribution is 5.77. The summed E-state index contributed by atoms with van der Waals surface area (Å²) in [7, 11) is 0. The summed E-state index contributed by atoms with van der Waals surface area (Å²) in [5, 5.41) is 2.86. The van der Waals surface area contributed by atoms with E-state index in [4.69, 9.17) is 4.74 Å². The van der Waals surface area contributed by atoms with Crippen LogP contribution in [0, 0.1) is 13.8 Å². The lowest BCUT2D eigenvalue weighted by Gasteiger charge is -2.35. The Morgan fingerprint density at radius 1 is 1.13 bits per heavy atom. The van der Waals surface area contributed by atoms with Gasteiger partial charge in [0.1, 0.15) is 11.6 Å². The van der Waals surface area contributed by atoms with E-state index in [0.717, 1.165) is 36.5 Å². The van der Waals surface area contributed by atoms with Crippen molar-refractivity contribution in [3.63, 3.8) is 0 Å². The van der Waals surface area contributed by atoms with Crippen LogP contribution < -0.4 is 15.0 Å². The van der Waals surface area contributed by atoms with Crippen molar-refractivity contribution < 1.29 is 22.7 Å². The van der Waals surface area contributed by atoms with Crippen LogP contribution in [0.5, 0.6) is 5.75 Å². The van der Waals surface area contributed by atoms with Gasteiger partial charge in [-0.1, -0.05) is 17.7 Å². The fourth-order valence-electron chi connectivity index (χ4n) is 3.45. The van der Waals surface area contributed by atoms with E-state index in [1.54, 1.807) is 0 Å². The van der Waals surface area contributed by atoms with Crippen molar-refractivity contribution in [3.8, 4) is 5.75 Å². The minimum atomic E-state index is -4.38. The summed E-state index contributed by atoms with van der Waals surface area (Å²) in [6.07, 6.45) is -3.50. The van der Waals surface area contributed by atoms with E-state index in [0.29, 0.717) is 37.7 Å². The van der Waals surface area contributed by atoms with Gasteiger partial charge in [-0.3, -0.25) is 9.69 Å². The van der Waals surface area contributed by atoms with Crippen LogP contribution in [0.2, 0.25) is 0 Å². The van der Waals surface area contributed by atoms with Crippen LogP contribution in [0.4, 0.5) is 19.0 Å². The first-order valence-electron chi connectivity index (χ1n) is 10.2. The van der Waals surface area contributed by atoms with Crippen molar-refractivity contribution in [2.24, 2.45) is 0 Å². The predicted octanol–water partition coefficient (Wildman–Crippen LogP) is 3.03. The molecule has 0 spiro atoms. The van der Waals surface area contributed by atoms with Gasteiger partial charge in [-0.25, -0.2) is 4.98 Å². The maximum atomic E-state index is 12.7. The van der Waals surface area contributed by atoms with Crippen molar-refractivity contribution in [1.29, 1.82) is 0 Å². The fourth-order valence-corrected chi connectivity index (χ4v) is 3.45. The number of hydrogen-bond acceptors (Lipinski definition) is 5. The standard InChI is InChI=1S/C22H27F3N4O2/c1-16-3-5-19(17(2)13-16)31-15-21(30)26-7-8-28-9-11-29(12-10-28)20-6-4-18(14-27-20)22(23,24)25/h3-6,13-14H,7-12,15H2,1-2H3,(H,26,30). The molecule has 6 nitrogen and oxygen atoms in total. The lowest BCUT2D eigenvalue weighted by Crippen LogP contribution is -2.49. The largest absolute Gasteiger partial charge is 0.484 e. The molecule has 0 unspecified atom stereocenters. The molecule has 0 bridgehead atoms. The number of aryl methyl sites for hydroxylation is 2. The third kappa shape index (κ3) is 6.58. The van der Waals surface area contributed by atoms with Crippen LogP contribution in [0.1, 0.15) is 16.7 Å². The Morgan fingerprint density at radius 3 is 2.48 bits per heavy atom. The minimum Gasteiger partial charge on any atom is -0.484 e. The minimum absolute atomic E-state index is 0.0305. The Morgan fingerprint density at radius 2 is 1.87 bits per heavy atom. The fraction of sp³-hybridized carbons (Fsp3) is 0.455. The maximum absolute atomic E-state index is 12.7. The Labute approximate surface area is 180 Å². The first-order chi connectivity index (χ1) is 14.7. The molecule has 1 fully saturated rings. The molecule has 168 valence electrons. The summed E-state index contributed by atoms with van der Waals surface area (Å²) >= 11 is 0. The molecular formula is C22H27F3N4O2. The lowest BCUT2D eigenvalue weighted by molar-refractivity contribution is -0.137. The van der Waals surface area contributed by atoms with Crippen LogP contribution in [0.25, 0.3) is 0 Å². The molecule has 0 saturated carbocycles. The molecule has 1 amide bonds. The molecule has 0 atom stereocenters. The summed E-state index contributed by atoms with van der Waals surface area (Å²) in [5.41, 5.74) is 1.39. The second-order valence-corrected chi connectivity index (χ2v) is 7.64. The van der Waals surface area contributed by atoms with Gasteiger partial charge in [-0.15, -0.1) is 0 Å². The highest BCUT2D eigenvalue weighted by Crippen LogP contribution is 2.29. The van der Waals surface area contributed by atoms with Crippen LogP contribution in [0.3, 0.4) is 0 Å². The van der Waals surface area contributed by atoms with Crippen molar-refractivity contribution in [2.75, 3.05) is 50.8 Å². The molecule has 1 aliphatic rings. The van der Waals surface area contributed by atoms with Crippen molar-refractivity contribution in [2.45, 2.75) is 20.0 Å². The Bertz CT molecular complexity index is 879. The molecule has 1 N–H and O–H groups in total. The summed E-state index contributed by atoms with van der Waals surface area (Å²) in [5.74, 6) is 1.07. The van der Waals surface area contributed by atoms with E-state index in [9.17, 15) is 18.0 Å². The molecule has 1 aliphatic heterocycles. The molecule has 1 saturated heterocycles. The van der Waals surface area contributed by atoms with Crippen LogP contribution in [-0.2, 0) is 11.0 Å². The van der Waals surface area contributed by atoms with Crippen LogP contribution in [0.15, 0.2) is 36.5 Å². The van der Waals surface area contributed by atoms with Crippen molar-refractivity contribution in [1.82, 2.24) is 15.2 Å². The molecule has 31 heavy (non-hydrogen) atoms. The second-order valence-electron chi connectivity index (χ2n) is 7.64. The van der Waals surface area contributed by atoms with Gasteiger partial charge in [0, 0.05) is 45.5 Å². The van der Waals surface area contributed by atoms with E-state index in [1.807, 2.05) is 36.9 Å². The SMILES string of the molecule is Cc1ccc(OCC(=O)NCCN2CCN(c3ccc(C(F)(F)F)cn3)CC2)c(C)c1. The van der Waals surface area contributed by atoms with E-state index in [1.165, 1.54) is 6.07 Å². The number of carbonyl (C=O) groups excluding carboxylic acids is 1. The van der Waals surface area contributed by atoms with Crippen LogP contribution >= 0.6 is 0 Å². The van der Waals surface area contributed by atoms with Gasteiger partial charge in [0.2, 0.25) is 0 Å². The summed E-state index contributed by atoms with van der Waals surface area (Å²) in [6.45, 7) is 7.96. The quantitative estimate of drug-likeness (QED) is 0.723. The van der Waals surface area contributed by atoms with Gasteiger partial charge in [0.05, 0.1) is 5.56 Å². The van der Waals surface area contributed by atoms with Gasteiger partial charge >= 0.3 is 6.18 Å². The molecule has 9 heteroatoms. The van der Waals surface area contributed by atoms with E-state index in [-0.39, 0.29) is 12.5 Å². The number of pyridine rings is 1. The maximum Gasteiger partial charge on any atom is 0.417 e. The zero-order valence-corrected chi connectivity index (χ0v) is 17.7. The molecule has 0 aliphatic carbocycles. The monoisotopic (exact) mass is 436 g/mol. The highest BCUT2D eigenvalue weighted by atomic mass is 19.4. The third-order valence-corrected chi connectivity index (χ3v) is 5.21. The Balaban J connectivity index is 1.35. The number of aromatic nitrogens is 1. The number of benzene rings is 1. The molecular weight excluding hydrogens is 409 g/mol. The average Bonchev–Trinajstić information content (AvgIpc) is 2.73. The van der Waals surface area contributed by atoms with Gasteiger partial charge in [-0.05, 0) is 37.6 Å². The lowest BCUT2D eigenvalue weighted by atomic mass is 10.1. The molecule has 1 aromatic heterocycles. The topological polar surface area (TPSA) is 57.7 Å². The summed E-state index contributed by atoms with van der Waals surface area (Å²) in [6, 6.07) is 8.29. The number of nitrogens with one attached hydrogen (secondary N) is 1. The highest BCUT2D eigenvalue weighted by Gasteiger charge is 2.31. The summed E-state index contributed by atoms with van der Waals surface area (Å²) in [4.78, 5) is 20.1. The van der Waals surface area contributed by atoms with E-state index >= 15 is 0 Å².